The highest BCUT2D eigenvalue weighted by atomic mass is 15.2. The van der Waals surface area contributed by atoms with Crippen LogP contribution < -0.4 is 5.32 Å². The van der Waals surface area contributed by atoms with Crippen LogP contribution in [0.15, 0.2) is 49.2 Å². The maximum atomic E-state index is 4.66. The maximum Gasteiger partial charge on any atom is 0.181 e. The molecule has 0 unspecified atom stereocenters. The maximum absolute atomic E-state index is 4.66. The third-order valence-corrected chi connectivity index (χ3v) is 5.21. The Bertz CT molecular complexity index is 1330. The number of rotatable bonds is 5. The second kappa shape index (κ2) is 7.46. The summed E-state index contributed by atoms with van der Waals surface area (Å²) in [5.41, 5.74) is 6.43. The van der Waals surface area contributed by atoms with Gasteiger partial charge in [0, 0.05) is 42.5 Å². The number of anilines is 1. The Morgan fingerprint density at radius 3 is 2.71 bits per heavy atom. The molecule has 0 spiro atoms. The summed E-state index contributed by atoms with van der Waals surface area (Å²) < 4.78 is 0. The SMILES string of the molecule is CC(C)(C)CCNc1cncc(-c2cnc3n[nH]c(-c4nc5ccncc5[nH]4)c3c2)c1. The summed E-state index contributed by atoms with van der Waals surface area (Å²) >= 11 is 0. The molecule has 0 saturated heterocycles. The highest BCUT2D eigenvalue weighted by molar-refractivity contribution is 5.93. The van der Waals surface area contributed by atoms with Crippen LogP contribution in [0.3, 0.4) is 0 Å². The number of hydrogen-bond acceptors (Lipinski definition) is 6. The minimum absolute atomic E-state index is 0.289. The molecule has 0 bridgehead atoms. The number of nitrogens with zero attached hydrogens (tertiary/aromatic N) is 5. The Hall–Kier alpha value is -3.81. The van der Waals surface area contributed by atoms with Gasteiger partial charge >= 0.3 is 0 Å². The largest absolute Gasteiger partial charge is 0.384 e. The van der Waals surface area contributed by atoms with Crippen molar-refractivity contribution < 1.29 is 0 Å². The minimum Gasteiger partial charge on any atom is -0.384 e. The first-order valence-electron chi connectivity index (χ1n) is 10.3. The smallest absolute Gasteiger partial charge is 0.181 e. The van der Waals surface area contributed by atoms with Gasteiger partial charge in [0.1, 0.15) is 5.69 Å². The average molecular weight is 413 g/mol. The molecular weight excluding hydrogens is 388 g/mol. The first-order valence-corrected chi connectivity index (χ1v) is 10.3. The predicted molar refractivity (Wildman–Crippen MR) is 123 cm³/mol. The molecule has 5 aromatic heterocycles. The summed E-state index contributed by atoms with van der Waals surface area (Å²) in [6, 6.07) is 6.05. The Morgan fingerprint density at radius 1 is 1.00 bits per heavy atom. The van der Waals surface area contributed by atoms with Gasteiger partial charge in [-0.15, -0.1) is 0 Å². The highest BCUT2D eigenvalue weighted by Gasteiger charge is 2.14. The van der Waals surface area contributed by atoms with Gasteiger partial charge in [-0.1, -0.05) is 20.8 Å². The van der Waals surface area contributed by atoms with Crippen LogP contribution in [0.1, 0.15) is 27.2 Å². The number of aromatic nitrogens is 7. The summed E-state index contributed by atoms with van der Waals surface area (Å²) in [6.45, 7) is 7.63. The van der Waals surface area contributed by atoms with Crippen molar-refractivity contribution in [2.24, 2.45) is 5.41 Å². The number of pyridine rings is 3. The normalized spacial score (nSPS) is 12.0. The minimum atomic E-state index is 0.289. The second-order valence-corrected chi connectivity index (χ2v) is 8.87. The van der Waals surface area contributed by atoms with E-state index in [0.29, 0.717) is 11.5 Å². The quantitative estimate of drug-likeness (QED) is 0.382. The molecule has 0 aromatic carbocycles. The Labute approximate surface area is 179 Å². The molecule has 0 saturated carbocycles. The molecule has 5 rings (SSSR count). The van der Waals surface area contributed by atoms with Crippen molar-refractivity contribution in [3.63, 3.8) is 0 Å². The monoisotopic (exact) mass is 412 g/mol. The number of hydrogen-bond donors (Lipinski definition) is 3. The van der Waals surface area contributed by atoms with E-state index in [1.807, 2.05) is 24.7 Å². The molecule has 0 radical (unpaired) electrons. The zero-order valence-electron chi connectivity index (χ0n) is 17.8. The number of fused-ring (bicyclic) bond motifs is 2. The van der Waals surface area contributed by atoms with E-state index in [1.54, 1.807) is 12.4 Å². The molecule has 0 aliphatic heterocycles. The van der Waals surface area contributed by atoms with Crippen molar-refractivity contribution in [2.75, 3.05) is 11.9 Å². The van der Waals surface area contributed by atoms with Gasteiger partial charge in [0.25, 0.3) is 0 Å². The van der Waals surface area contributed by atoms with E-state index in [0.717, 1.165) is 51.9 Å². The molecule has 0 atom stereocenters. The van der Waals surface area contributed by atoms with Crippen LogP contribution in [0.5, 0.6) is 0 Å². The van der Waals surface area contributed by atoms with Crippen LogP contribution in [0.2, 0.25) is 0 Å². The lowest BCUT2D eigenvalue weighted by Crippen LogP contribution is -2.12. The van der Waals surface area contributed by atoms with Crippen molar-refractivity contribution in [3.05, 3.63) is 49.2 Å². The van der Waals surface area contributed by atoms with Gasteiger partial charge in [0.2, 0.25) is 0 Å². The van der Waals surface area contributed by atoms with Crippen LogP contribution in [-0.2, 0) is 0 Å². The standard InChI is InChI=1S/C23H24N8/c1-23(2,3)5-7-26-16-8-14(10-25-12-16)15-9-17-20(30-31-21(17)27-11-15)22-28-18-4-6-24-13-19(18)29-22/h4,6,8-13,26H,5,7H2,1-3H3,(H,28,29)(H,27,30,31). The van der Waals surface area contributed by atoms with Crippen LogP contribution in [0, 0.1) is 5.41 Å². The lowest BCUT2D eigenvalue weighted by molar-refractivity contribution is 0.390. The van der Waals surface area contributed by atoms with Gasteiger partial charge in [-0.2, -0.15) is 5.10 Å². The lowest BCUT2D eigenvalue weighted by atomic mass is 9.92. The van der Waals surface area contributed by atoms with Crippen LogP contribution in [-0.4, -0.2) is 41.7 Å². The molecule has 8 heteroatoms. The summed E-state index contributed by atoms with van der Waals surface area (Å²) in [5.74, 6) is 0.708. The number of nitrogens with one attached hydrogen (secondary N) is 3. The zero-order chi connectivity index (χ0) is 21.4. The van der Waals surface area contributed by atoms with E-state index in [4.69, 9.17) is 0 Å². The third kappa shape index (κ3) is 3.96. The van der Waals surface area contributed by atoms with Crippen LogP contribution in [0.4, 0.5) is 5.69 Å². The molecule has 5 heterocycles. The van der Waals surface area contributed by atoms with Crippen molar-refractivity contribution in [1.82, 2.24) is 35.1 Å². The van der Waals surface area contributed by atoms with Gasteiger partial charge < -0.3 is 10.3 Å². The fraction of sp³-hybridized carbons (Fsp3) is 0.261. The van der Waals surface area contributed by atoms with E-state index in [9.17, 15) is 0 Å². The summed E-state index contributed by atoms with van der Waals surface area (Å²) in [4.78, 5) is 21.1. The van der Waals surface area contributed by atoms with Gasteiger partial charge in [0.05, 0.1) is 28.3 Å². The molecule has 0 amide bonds. The average Bonchev–Trinajstić information content (AvgIpc) is 3.36. The zero-order valence-corrected chi connectivity index (χ0v) is 17.8. The summed E-state index contributed by atoms with van der Waals surface area (Å²) in [7, 11) is 0. The van der Waals surface area contributed by atoms with Crippen molar-refractivity contribution >= 4 is 27.8 Å². The van der Waals surface area contributed by atoms with Gasteiger partial charge in [-0.05, 0) is 30.0 Å². The van der Waals surface area contributed by atoms with E-state index in [-0.39, 0.29) is 5.41 Å². The van der Waals surface area contributed by atoms with Crippen LogP contribution in [0.25, 0.3) is 44.7 Å². The second-order valence-electron chi connectivity index (χ2n) is 8.87. The van der Waals surface area contributed by atoms with Crippen molar-refractivity contribution in [1.29, 1.82) is 0 Å². The Kier molecular flexibility index (Phi) is 4.62. The molecule has 8 nitrogen and oxygen atoms in total. The summed E-state index contributed by atoms with van der Waals surface area (Å²) in [6.07, 6.45) is 10.1. The van der Waals surface area contributed by atoms with Crippen molar-refractivity contribution in [2.45, 2.75) is 27.2 Å². The van der Waals surface area contributed by atoms with E-state index in [2.05, 4.69) is 73.3 Å². The highest BCUT2D eigenvalue weighted by Crippen LogP contribution is 2.29. The summed E-state index contributed by atoms with van der Waals surface area (Å²) in [5, 5.41) is 11.8. The van der Waals surface area contributed by atoms with Gasteiger partial charge in [0.15, 0.2) is 11.5 Å². The van der Waals surface area contributed by atoms with Gasteiger partial charge in [-0.3, -0.25) is 15.1 Å². The first kappa shape index (κ1) is 19.2. The number of H-pyrrole nitrogens is 2. The fourth-order valence-electron chi connectivity index (χ4n) is 3.49. The molecule has 3 N–H and O–H groups in total. The predicted octanol–water partition coefficient (Wildman–Crippen LogP) is 4.81. The third-order valence-electron chi connectivity index (χ3n) is 5.21. The molecule has 31 heavy (non-hydrogen) atoms. The van der Waals surface area contributed by atoms with Crippen LogP contribution >= 0.6 is 0 Å². The topological polar surface area (TPSA) is 108 Å². The number of imidazole rings is 1. The molecule has 5 aromatic rings. The Morgan fingerprint density at radius 2 is 1.87 bits per heavy atom. The van der Waals surface area contributed by atoms with E-state index >= 15 is 0 Å². The Balaban J connectivity index is 1.47. The van der Waals surface area contributed by atoms with Crippen molar-refractivity contribution in [3.8, 4) is 22.6 Å². The molecule has 0 fully saturated rings. The van der Waals surface area contributed by atoms with E-state index in [1.165, 1.54) is 0 Å². The molecule has 0 aliphatic carbocycles. The molecular formula is C23H24N8. The first-order chi connectivity index (χ1) is 15.0. The molecule has 156 valence electrons. The lowest BCUT2D eigenvalue weighted by Gasteiger charge is -2.18. The number of aromatic amines is 2. The van der Waals surface area contributed by atoms with E-state index < -0.39 is 0 Å². The molecule has 0 aliphatic rings. The fourth-order valence-corrected chi connectivity index (χ4v) is 3.49. The van der Waals surface area contributed by atoms with Gasteiger partial charge in [-0.25, -0.2) is 9.97 Å².